The highest BCUT2D eigenvalue weighted by molar-refractivity contribution is 7.80. The van der Waals surface area contributed by atoms with Gasteiger partial charge in [-0.1, -0.05) is 12.2 Å². The summed E-state index contributed by atoms with van der Waals surface area (Å²) in [5.41, 5.74) is 5.23. The summed E-state index contributed by atoms with van der Waals surface area (Å²) in [4.78, 5) is 0. The molecule has 0 aliphatic rings. The van der Waals surface area contributed by atoms with E-state index in [1.807, 2.05) is 0 Å². The second-order valence-electron chi connectivity index (χ2n) is 2.81. The molecule has 0 aliphatic heterocycles. The number of halogens is 2. The van der Waals surface area contributed by atoms with Gasteiger partial charge < -0.3 is 5.73 Å². The van der Waals surface area contributed by atoms with Crippen molar-refractivity contribution in [3.63, 3.8) is 0 Å². The second-order valence-corrected chi connectivity index (χ2v) is 3.26. The molecule has 0 bridgehead atoms. The molecular weight excluding hydrogens is 204 g/mol. The third kappa shape index (κ3) is 2.73. The van der Waals surface area contributed by atoms with Gasteiger partial charge in [0.15, 0.2) is 0 Å². The summed E-state index contributed by atoms with van der Waals surface area (Å²) in [5.74, 6) is -0.438. The summed E-state index contributed by atoms with van der Waals surface area (Å²) in [6, 6.07) is 2.06. The number of allylic oxidation sites excluding steroid dienone is 1. The van der Waals surface area contributed by atoms with Gasteiger partial charge in [-0.3, -0.25) is 0 Å². The Morgan fingerprint density at radius 2 is 2.00 bits per heavy atom. The summed E-state index contributed by atoms with van der Waals surface area (Å²) in [5, 5.41) is 0. The molecule has 76 valence electrons. The van der Waals surface area contributed by atoms with Crippen LogP contribution >= 0.6 is 12.6 Å². The van der Waals surface area contributed by atoms with Crippen LogP contribution in [0.15, 0.2) is 18.2 Å². The summed E-state index contributed by atoms with van der Waals surface area (Å²) in [7, 11) is 0. The Balaban J connectivity index is 2.92. The molecule has 2 N–H and O–H groups in total. The molecule has 0 heterocycles. The van der Waals surface area contributed by atoms with Crippen LogP contribution in [0.5, 0.6) is 0 Å². The Morgan fingerprint density at radius 1 is 1.29 bits per heavy atom. The molecule has 0 atom stereocenters. The highest BCUT2D eigenvalue weighted by Gasteiger charge is 2.04. The average Bonchev–Trinajstić information content (AvgIpc) is 2.14. The lowest BCUT2D eigenvalue weighted by molar-refractivity contribution is 0.602. The maximum atomic E-state index is 13.1. The predicted molar refractivity (Wildman–Crippen MR) is 58.3 cm³/mol. The van der Waals surface area contributed by atoms with Crippen molar-refractivity contribution in [1.29, 1.82) is 0 Å². The van der Waals surface area contributed by atoms with E-state index in [2.05, 4.69) is 12.6 Å². The van der Waals surface area contributed by atoms with Crippen LogP contribution in [-0.4, -0.2) is 5.75 Å². The smallest absolute Gasteiger partial charge is 0.146 e. The van der Waals surface area contributed by atoms with E-state index in [1.54, 1.807) is 6.08 Å². The highest BCUT2D eigenvalue weighted by atomic mass is 32.1. The van der Waals surface area contributed by atoms with Crippen LogP contribution in [0.25, 0.3) is 6.08 Å². The van der Waals surface area contributed by atoms with Gasteiger partial charge >= 0.3 is 0 Å². The van der Waals surface area contributed by atoms with Crippen molar-refractivity contribution in [3.05, 3.63) is 35.4 Å². The zero-order valence-electron chi connectivity index (χ0n) is 7.50. The normalized spacial score (nSPS) is 11.1. The van der Waals surface area contributed by atoms with Gasteiger partial charge in [0.1, 0.15) is 11.6 Å². The summed E-state index contributed by atoms with van der Waals surface area (Å²) in [6.07, 6.45) is 3.98. The van der Waals surface area contributed by atoms with Gasteiger partial charge in [-0.25, -0.2) is 8.78 Å². The summed E-state index contributed by atoms with van der Waals surface area (Å²) < 4.78 is 26.1. The molecule has 0 radical (unpaired) electrons. The fourth-order valence-electron chi connectivity index (χ4n) is 0.990. The first-order chi connectivity index (χ1) is 6.65. The maximum absolute atomic E-state index is 13.1. The van der Waals surface area contributed by atoms with E-state index >= 15 is 0 Å². The number of nitrogen functional groups attached to an aromatic ring is 1. The second kappa shape index (κ2) is 5.00. The number of thiol groups is 1. The van der Waals surface area contributed by atoms with Crippen LogP contribution in [0, 0.1) is 11.6 Å². The molecule has 1 aromatic carbocycles. The number of hydrogen-bond donors (Lipinski definition) is 2. The number of nitrogens with two attached hydrogens (primary N) is 1. The fraction of sp³-hybridized carbons (Fsp3) is 0.200. The molecule has 1 aromatic rings. The molecule has 1 rings (SSSR count). The summed E-state index contributed by atoms with van der Waals surface area (Å²) in [6.45, 7) is 0. The van der Waals surface area contributed by atoms with Crippen LogP contribution in [0.2, 0.25) is 0 Å². The van der Waals surface area contributed by atoms with Crippen LogP contribution in [0.3, 0.4) is 0 Å². The molecule has 4 heteroatoms. The van der Waals surface area contributed by atoms with Crippen LogP contribution in [-0.2, 0) is 0 Å². The van der Waals surface area contributed by atoms with Gasteiger partial charge in [-0.15, -0.1) is 0 Å². The number of hydrogen-bond acceptors (Lipinski definition) is 2. The van der Waals surface area contributed by atoms with Gasteiger partial charge in [-0.2, -0.15) is 12.6 Å². The lowest BCUT2D eigenvalue weighted by Gasteiger charge is -2.00. The minimum atomic E-state index is -0.600. The topological polar surface area (TPSA) is 26.0 Å². The molecule has 14 heavy (non-hydrogen) atoms. The van der Waals surface area contributed by atoms with Crippen molar-refractivity contribution in [2.24, 2.45) is 0 Å². The molecule has 1 nitrogen and oxygen atoms in total. The van der Waals surface area contributed by atoms with E-state index in [0.29, 0.717) is 12.2 Å². The standard InChI is InChI=1S/C10H11F2NS/c11-8-6-10(13)9(12)5-7(8)3-1-2-4-14/h1,3,5-6,14H,2,4,13H2. The van der Waals surface area contributed by atoms with Gasteiger partial charge in [0.05, 0.1) is 5.69 Å². The minimum Gasteiger partial charge on any atom is -0.396 e. The molecule has 0 spiro atoms. The van der Waals surface area contributed by atoms with Crippen molar-refractivity contribution < 1.29 is 8.78 Å². The van der Waals surface area contributed by atoms with Gasteiger partial charge in [0.25, 0.3) is 0 Å². The maximum Gasteiger partial charge on any atom is 0.146 e. The van der Waals surface area contributed by atoms with Crippen molar-refractivity contribution >= 4 is 24.4 Å². The lowest BCUT2D eigenvalue weighted by atomic mass is 10.1. The number of rotatable bonds is 3. The Morgan fingerprint density at radius 3 is 2.64 bits per heavy atom. The molecule has 0 saturated heterocycles. The van der Waals surface area contributed by atoms with E-state index in [4.69, 9.17) is 5.73 Å². The number of anilines is 1. The van der Waals surface area contributed by atoms with Gasteiger partial charge in [0, 0.05) is 11.6 Å². The Kier molecular flexibility index (Phi) is 3.95. The first-order valence-electron chi connectivity index (χ1n) is 4.17. The molecule has 0 aromatic heterocycles. The lowest BCUT2D eigenvalue weighted by Crippen LogP contribution is -1.94. The van der Waals surface area contributed by atoms with E-state index in [1.165, 1.54) is 6.08 Å². The van der Waals surface area contributed by atoms with Crippen LogP contribution in [0.1, 0.15) is 12.0 Å². The van der Waals surface area contributed by atoms with Crippen molar-refractivity contribution in [3.8, 4) is 0 Å². The predicted octanol–water partition coefficient (Wildman–Crippen LogP) is 2.88. The minimum absolute atomic E-state index is 0.172. The van der Waals surface area contributed by atoms with Gasteiger partial charge in [-0.05, 0) is 18.2 Å². The van der Waals surface area contributed by atoms with Gasteiger partial charge in [0.2, 0.25) is 0 Å². The third-order valence-corrected chi connectivity index (χ3v) is 1.97. The van der Waals surface area contributed by atoms with Crippen LogP contribution < -0.4 is 5.73 Å². The highest BCUT2D eigenvalue weighted by Crippen LogP contribution is 2.17. The molecule has 0 unspecified atom stereocenters. The molecule has 0 amide bonds. The van der Waals surface area contributed by atoms with Crippen molar-refractivity contribution in [1.82, 2.24) is 0 Å². The Bertz CT molecular complexity index is 350. The zero-order valence-corrected chi connectivity index (χ0v) is 8.40. The first-order valence-corrected chi connectivity index (χ1v) is 4.80. The van der Waals surface area contributed by atoms with Crippen molar-refractivity contribution in [2.45, 2.75) is 6.42 Å². The van der Waals surface area contributed by atoms with E-state index < -0.39 is 11.6 Å². The fourth-order valence-corrected chi connectivity index (χ4v) is 1.14. The number of benzene rings is 1. The third-order valence-electron chi connectivity index (χ3n) is 1.71. The Labute approximate surface area is 87.0 Å². The molecule has 0 fully saturated rings. The van der Waals surface area contributed by atoms with E-state index in [9.17, 15) is 8.78 Å². The molecular formula is C10H11F2NS. The first kappa shape index (κ1) is 11.0. The van der Waals surface area contributed by atoms with E-state index in [0.717, 1.165) is 12.1 Å². The SMILES string of the molecule is Nc1cc(F)c(C=CCCS)cc1F. The zero-order chi connectivity index (χ0) is 10.6. The molecule has 0 saturated carbocycles. The van der Waals surface area contributed by atoms with Crippen molar-refractivity contribution in [2.75, 3.05) is 11.5 Å². The largest absolute Gasteiger partial charge is 0.396 e. The monoisotopic (exact) mass is 215 g/mol. The van der Waals surface area contributed by atoms with E-state index in [-0.39, 0.29) is 11.3 Å². The summed E-state index contributed by atoms with van der Waals surface area (Å²) >= 11 is 3.99. The Hall–Kier alpha value is -1.03. The molecule has 0 aliphatic carbocycles. The van der Waals surface area contributed by atoms with Crippen LogP contribution in [0.4, 0.5) is 14.5 Å². The quantitative estimate of drug-likeness (QED) is 0.588. The average molecular weight is 215 g/mol.